The number of nitrogens with one attached hydrogen (secondary N) is 3. The third kappa shape index (κ3) is 4.23. The van der Waals surface area contributed by atoms with E-state index in [4.69, 9.17) is 4.98 Å². The van der Waals surface area contributed by atoms with Gasteiger partial charge in [-0.1, -0.05) is 36.4 Å². The Balaban J connectivity index is 1.72. The van der Waals surface area contributed by atoms with Gasteiger partial charge in [-0.3, -0.25) is 4.79 Å². The number of anilines is 2. The molecule has 2 heterocycles. The first-order valence-electron chi connectivity index (χ1n) is 9.91. The highest BCUT2D eigenvalue weighted by Crippen LogP contribution is 2.26. The number of hydrogen-bond donors (Lipinski definition) is 3. The molecule has 3 N–H and O–H groups in total. The van der Waals surface area contributed by atoms with E-state index >= 15 is 0 Å². The molecule has 8 nitrogen and oxygen atoms in total. The molecule has 31 heavy (non-hydrogen) atoms. The van der Waals surface area contributed by atoms with Crippen LogP contribution in [0.15, 0.2) is 66.9 Å². The molecular weight excluding hydrogens is 392 g/mol. The van der Waals surface area contributed by atoms with Crippen molar-refractivity contribution in [1.82, 2.24) is 20.1 Å². The quantitative estimate of drug-likeness (QED) is 0.457. The maximum Gasteiger partial charge on any atom is 0.318 e. The summed E-state index contributed by atoms with van der Waals surface area (Å²) >= 11 is 0. The number of urea groups is 1. The predicted octanol–water partition coefficient (Wildman–Crippen LogP) is 4.12. The Kier molecular flexibility index (Phi) is 5.61. The average molecular weight is 414 g/mol. The van der Waals surface area contributed by atoms with E-state index in [-0.39, 0.29) is 11.9 Å². The Morgan fingerprint density at radius 2 is 1.71 bits per heavy atom. The van der Waals surface area contributed by atoms with Crippen molar-refractivity contribution in [3.8, 4) is 11.3 Å². The van der Waals surface area contributed by atoms with Gasteiger partial charge >= 0.3 is 6.03 Å². The monoisotopic (exact) mass is 414 g/mol. The van der Waals surface area contributed by atoms with Gasteiger partial charge in [0, 0.05) is 30.5 Å². The van der Waals surface area contributed by atoms with Crippen LogP contribution in [0.4, 0.5) is 16.2 Å². The lowest BCUT2D eigenvalue weighted by molar-refractivity contribution is 0.102. The molecule has 4 rings (SSSR count). The number of pyridine rings is 1. The molecule has 0 radical (unpaired) electrons. The first-order chi connectivity index (χ1) is 15.1. The fourth-order valence-electron chi connectivity index (χ4n) is 3.29. The lowest BCUT2D eigenvalue weighted by atomic mass is 10.1. The fraction of sp³-hybridized carbons (Fsp3) is 0.130. The summed E-state index contributed by atoms with van der Waals surface area (Å²) in [6.45, 7) is 2.62. The van der Waals surface area contributed by atoms with Crippen molar-refractivity contribution in [2.24, 2.45) is 0 Å². The Hall–Kier alpha value is -4.20. The number of fused-ring (bicyclic) bond motifs is 1. The molecule has 0 aliphatic heterocycles. The summed E-state index contributed by atoms with van der Waals surface area (Å²) in [6, 6.07) is 18.1. The standard InChI is InChI=1S/C23H22N6O2/c1-3-29-21-19(14-25-29)18(13-20(28-21)15-8-5-4-6-9-15)22(30)26-16-10-7-11-17(12-16)27-23(31)24-2/h4-14H,3H2,1-2H3,(H,26,30)(H2,24,27,31). The number of carbonyl (C=O) groups excluding carboxylic acids is 2. The van der Waals surface area contributed by atoms with Gasteiger partial charge in [-0.15, -0.1) is 0 Å². The molecule has 0 unspecified atom stereocenters. The Labute approximate surface area is 179 Å². The van der Waals surface area contributed by atoms with E-state index in [1.165, 1.54) is 7.05 Å². The van der Waals surface area contributed by atoms with Crippen molar-refractivity contribution in [2.45, 2.75) is 13.5 Å². The van der Waals surface area contributed by atoms with Gasteiger partial charge < -0.3 is 16.0 Å². The van der Waals surface area contributed by atoms with Gasteiger partial charge in [-0.25, -0.2) is 14.5 Å². The molecule has 0 spiro atoms. The molecule has 0 bridgehead atoms. The smallest absolute Gasteiger partial charge is 0.318 e. The fourth-order valence-corrected chi connectivity index (χ4v) is 3.29. The number of nitrogens with zero attached hydrogens (tertiary/aromatic N) is 3. The van der Waals surface area contributed by atoms with Gasteiger partial charge in [0.05, 0.1) is 22.8 Å². The zero-order valence-corrected chi connectivity index (χ0v) is 17.2. The van der Waals surface area contributed by atoms with E-state index in [1.54, 1.807) is 41.2 Å². The largest absolute Gasteiger partial charge is 0.341 e. The van der Waals surface area contributed by atoms with Crippen molar-refractivity contribution in [3.63, 3.8) is 0 Å². The molecule has 3 amide bonds. The molecule has 2 aromatic heterocycles. The zero-order valence-electron chi connectivity index (χ0n) is 17.2. The SMILES string of the molecule is CCn1ncc2c(C(=O)Nc3cccc(NC(=O)NC)c3)cc(-c3ccccc3)nc21. The minimum absolute atomic E-state index is 0.280. The van der Waals surface area contributed by atoms with Crippen LogP contribution >= 0.6 is 0 Å². The molecule has 0 atom stereocenters. The maximum atomic E-state index is 13.2. The summed E-state index contributed by atoms with van der Waals surface area (Å²) in [5, 5.41) is 13.2. The van der Waals surface area contributed by atoms with Crippen LogP contribution in [-0.4, -0.2) is 33.8 Å². The molecule has 0 saturated heterocycles. The second-order valence-electron chi connectivity index (χ2n) is 6.86. The van der Waals surface area contributed by atoms with Crippen LogP contribution in [0.5, 0.6) is 0 Å². The maximum absolute atomic E-state index is 13.2. The highest BCUT2D eigenvalue weighted by atomic mass is 16.2. The van der Waals surface area contributed by atoms with Gasteiger partial charge in [0.1, 0.15) is 0 Å². The second kappa shape index (κ2) is 8.66. The number of rotatable bonds is 5. The Morgan fingerprint density at radius 1 is 0.968 bits per heavy atom. The van der Waals surface area contributed by atoms with E-state index in [0.29, 0.717) is 40.2 Å². The van der Waals surface area contributed by atoms with E-state index in [1.807, 2.05) is 37.3 Å². The van der Waals surface area contributed by atoms with Crippen LogP contribution in [0, 0.1) is 0 Å². The number of aryl methyl sites for hydroxylation is 1. The van der Waals surface area contributed by atoms with Crippen LogP contribution in [-0.2, 0) is 6.54 Å². The number of benzene rings is 2. The molecule has 0 aliphatic rings. The van der Waals surface area contributed by atoms with Crippen LogP contribution in [0.2, 0.25) is 0 Å². The summed E-state index contributed by atoms with van der Waals surface area (Å²) in [4.78, 5) is 29.5. The highest BCUT2D eigenvalue weighted by Gasteiger charge is 2.17. The van der Waals surface area contributed by atoms with Crippen LogP contribution in [0.25, 0.3) is 22.3 Å². The average Bonchev–Trinajstić information content (AvgIpc) is 3.22. The number of carbonyl (C=O) groups is 2. The molecule has 2 aromatic carbocycles. The number of aromatic nitrogens is 3. The van der Waals surface area contributed by atoms with Crippen LogP contribution < -0.4 is 16.0 Å². The molecule has 0 aliphatic carbocycles. The van der Waals surface area contributed by atoms with E-state index in [0.717, 1.165) is 5.56 Å². The Bertz CT molecular complexity index is 1250. The van der Waals surface area contributed by atoms with Crippen LogP contribution in [0.1, 0.15) is 17.3 Å². The van der Waals surface area contributed by atoms with Gasteiger partial charge in [0.15, 0.2) is 5.65 Å². The van der Waals surface area contributed by atoms with E-state index < -0.39 is 0 Å². The third-order valence-electron chi connectivity index (χ3n) is 4.83. The van der Waals surface area contributed by atoms with E-state index in [2.05, 4.69) is 21.0 Å². The molecular formula is C23H22N6O2. The second-order valence-corrected chi connectivity index (χ2v) is 6.86. The molecule has 156 valence electrons. The summed E-state index contributed by atoms with van der Waals surface area (Å²) in [6.07, 6.45) is 1.67. The lowest BCUT2D eigenvalue weighted by Crippen LogP contribution is -2.24. The molecule has 0 saturated carbocycles. The van der Waals surface area contributed by atoms with Crippen molar-refractivity contribution in [1.29, 1.82) is 0 Å². The van der Waals surface area contributed by atoms with Crippen molar-refractivity contribution in [3.05, 3.63) is 72.4 Å². The molecule has 8 heteroatoms. The molecule has 4 aromatic rings. The minimum atomic E-state index is -0.334. The topological polar surface area (TPSA) is 101 Å². The van der Waals surface area contributed by atoms with Crippen molar-refractivity contribution < 1.29 is 9.59 Å². The van der Waals surface area contributed by atoms with Gasteiger partial charge in [-0.2, -0.15) is 5.10 Å². The molecule has 0 fully saturated rings. The number of amides is 3. The summed E-state index contributed by atoms with van der Waals surface area (Å²) in [5.74, 6) is -0.280. The first kappa shape index (κ1) is 20.1. The number of hydrogen-bond acceptors (Lipinski definition) is 4. The first-order valence-corrected chi connectivity index (χ1v) is 9.91. The Morgan fingerprint density at radius 3 is 2.42 bits per heavy atom. The summed E-state index contributed by atoms with van der Waals surface area (Å²) in [5.41, 5.74) is 3.88. The zero-order chi connectivity index (χ0) is 21.8. The summed E-state index contributed by atoms with van der Waals surface area (Å²) in [7, 11) is 1.54. The van der Waals surface area contributed by atoms with Crippen LogP contribution in [0.3, 0.4) is 0 Å². The van der Waals surface area contributed by atoms with Gasteiger partial charge in [0.2, 0.25) is 0 Å². The minimum Gasteiger partial charge on any atom is -0.341 e. The normalized spacial score (nSPS) is 10.6. The third-order valence-corrected chi connectivity index (χ3v) is 4.83. The highest BCUT2D eigenvalue weighted by molar-refractivity contribution is 6.12. The summed E-state index contributed by atoms with van der Waals surface area (Å²) < 4.78 is 1.77. The van der Waals surface area contributed by atoms with Crippen molar-refractivity contribution >= 4 is 34.3 Å². The van der Waals surface area contributed by atoms with E-state index in [9.17, 15) is 9.59 Å². The predicted molar refractivity (Wildman–Crippen MR) is 121 cm³/mol. The van der Waals surface area contributed by atoms with Gasteiger partial charge in [-0.05, 0) is 31.2 Å². The van der Waals surface area contributed by atoms with Crippen molar-refractivity contribution in [2.75, 3.05) is 17.7 Å². The lowest BCUT2D eigenvalue weighted by Gasteiger charge is -2.11. The van der Waals surface area contributed by atoms with Gasteiger partial charge in [0.25, 0.3) is 5.91 Å².